The number of hydrogen-bond acceptors (Lipinski definition) is 3. The molecule has 5 heteroatoms. The van der Waals surface area contributed by atoms with E-state index < -0.39 is 5.97 Å². The predicted molar refractivity (Wildman–Crippen MR) is 53.6 cm³/mol. The molecule has 1 rings (SSSR count). The number of rotatable bonds is 1. The Morgan fingerprint density at radius 1 is 1.36 bits per heavy atom. The number of aromatic hydroxyl groups is 1. The third-order valence-electron chi connectivity index (χ3n) is 1.13. The Labute approximate surface area is 95.3 Å². The molecule has 14 heavy (non-hydrogen) atoms. The molecule has 4 nitrogen and oxygen atoms in total. The zero-order chi connectivity index (χ0) is 10.3. The molecule has 0 aliphatic rings. The van der Waals surface area contributed by atoms with Gasteiger partial charge in [0.05, 0.1) is 0 Å². The number of hydrogen-bond donors (Lipinski definition) is 3. The maximum absolute atomic E-state index is 10.3. The second-order valence-corrected chi connectivity index (χ2v) is 2.14. The van der Waals surface area contributed by atoms with Crippen LogP contribution in [0.15, 0.2) is 24.3 Å². The van der Waals surface area contributed by atoms with Crippen LogP contribution in [0, 0.1) is 0 Å². The quantitative estimate of drug-likeness (QED) is 0.645. The number of phenols is 1. The average Bonchev–Trinajstić information content (AvgIpc) is 2.06. The fourth-order valence-electron chi connectivity index (χ4n) is 0.654. The fraction of sp³-hybridized carbons (Fsp3) is 0.222. The van der Waals surface area contributed by atoms with Gasteiger partial charge in [-0.1, -0.05) is 12.1 Å². The number of carboxylic acid groups (broad SMARTS) is 1. The number of para-hydroxylation sites is 1. The van der Waals surface area contributed by atoms with Crippen LogP contribution in [-0.2, 0) is 0 Å². The first-order valence-electron chi connectivity index (χ1n) is 3.75. The van der Waals surface area contributed by atoms with Crippen molar-refractivity contribution >= 4 is 25.8 Å². The van der Waals surface area contributed by atoms with Gasteiger partial charge < -0.3 is 15.3 Å². The number of benzene rings is 1. The van der Waals surface area contributed by atoms with Gasteiger partial charge in [-0.15, -0.1) is 0 Å². The number of aliphatic hydroxyl groups is 1. The molecule has 0 aliphatic carbocycles. The molecule has 0 saturated carbocycles. The molecule has 3 radical (unpaired) electrons. The van der Waals surface area contributed by atoms with Gasteiger partial charge in [0.2, 0.25) is 0 Å². The largest absolute Gasteiger partial charge is 0.507 e. The van der Waals surface area contributed by atoms with E-state index in [-0.39, 0.29) is 37.7 Å². The van der Waals surface area contributed by atoms with Crippen molar-refractivity contribution in [2.75, 3.05) is 6.61 Å². The zero-order valence-corrected chi connectivity index (χ0v) is 10.3. The van der Waals surface area contributed by atoms with Crippen LogP contribution in [0.5, 0.6) is 5.75 Å². The first kappa shape index (κ1) is 15.6. The van der Waals surface area contributed by atoms with Gasteiger partial charge in [0.15, 0.2) is 0 Å². The molecule has 0 saturated heterocycles. The van der Waals surface area contributed by atoms with Gasteiger partial charge in [-0.3, -0.25) is 0 Å². The molecular weight excluding hydrogens is 242 g/mol. The minimum absolute atomic E-state index is 0. The van der Waals surface area contributed by atoms with Crippen LogP contribution in [0.4, 0.5) is 0 Å². The van der Waals surface area contributed by atoms with E-state index in [9.17, 15) is 4.79 Å². The Hall–Kier alpha value is -0.914. The zero-order valence-electron chi connectivity index (χ0n) is 7.84. The van der Waals surface area contributed by atoms with Gasteiger partial charge in [-0.05, 0) is 19.1 Å². The molecule has 0 atom stereocenters. The van der Waals surface area contributed by atoms with Gasteiger partial charge in [0.1, 0.15) is 11.3 Å². The summed E-state index contributed by atoms with van der Waals surface area (Å²) in [6.07, 6.45) is 0. The van der Waals surface area contributed by atoms with Gasteiger partial charge in [0.25, 0.3) is 0 Å². The van der Waals surface area contributed by atoms with Crippen molar-refractivity contribution < 1.29 is 20.1 Å². The molecule has 0 aliphatic heterocycles. The van der Waals surface area contributed by atoms with Crippen molar-refractivity contribution in [2.45, 2.75) is 6.92 Å². The van der Waals surface area contributed by atoms with Gasteiger partial charge in [-0.2, -0.15) is 0 Å². The number of carboxylic acids is 1. The molecule has 0 bridgehead atoms. The molecular formula is C9H12GaO4. The molecule has 0 heterocycles. The van der Waals surface area contributed by atoms with E-state index in [1.54, 1.807) is 19.1 Å². The van der Waals surface area contributed by atoms with E-state index in [0.717, 1.165) is 0 Å². The smallest absolute Gasteiger partial charge is 0.339 e. The molecule has 0 amide bonds. The van der Waals surface area contributed by atoms with E-state index in [1.807, 2.05) is 0 Å². The van der Waals surface area contributed by atoms with Crippen LogP contribution >= 0.6 is 0 Å². The van der Waals surface area contributed by atoms with Crippen LogP contribution in [0.2, 0.25) is 0 Å². The Morgan fingerprint density at radius 2 is 1.79 bits per heavy atom. The van der Waals surface area contributed by atoms with Gasteiger partial charge >= 0.3 is 5.97 Å². The van der Waals surface area contributed by atoms with E-state index in [2.05, 4.69) is 0 Å². The fourth-order valence-corrected chi connectivity index (χ4v) is 0.654. The van der Waals surface area contributed by atoms with E-state index in [4.69, 9.17) is 15.3 Å². The molecule has 0 spiro atoms. The van der Waals surface area contributed by atoms with Crippen molar-refractivity contribution in [2.24, 2.45) is 0 Å². The SMILES string of the molecule is CCO.O=C(O)c1ccccc1O.[Ga]. The van der Waals surface area contributed by atoms with E-state index >= 15 is 0 Å². The third kappa shape index (κ3) is 5.68. The number of aromatic carboxylic acids is 1. The molecule has 1 aromatic carbocycles. The maximum atomic E-state index is 10.3. The van der Waals surface area contributed by atoms with Crippen molar-refractivity contribution in [3.05, 3.63) is 29.8 Å². The van der Waals surface area contributed by atoms with Crippen LogP contribution in [0.25, 0.3) is 0 Å². The summed E-state index contributed by atoms with van der Waals surface area (Å²) >= 11 is 0. The number of aliphatic hydroxyl groups excluding tert-OH is 1. The summed E-state index contributed by atoms with van der Waals surface area (Å²) in [4.78, 5) is 10.3. The molecule has 3 N–H and O–H groups in total. The molecule has 0 unspecified atom stereocenters. The second-order valence-electron chi connectivity index (χ2n) is 2.14. The predicted octanol–water partition coefficient (Wildman–Crippen LogP) is 0.708. The topological polar surface area (TPSA) is 77.8 Å². The van der Waals surface area contributed by atoms with E-state index in [1.165, 1.54) is 12.1 Å². The standard InChI is InChI=1S/C7H6O3.C2H6O.Ga/c8-6-4-2-1-3-5(6)7(9)10;1-2-3;/h1-4,8H,(H,9,10);3H,2H2,1H3;. The first-order valence-corrected chi connectivity index (χ1v) is 3.75. The summed E-state index contributed by atoms with van der Waals surface area (Å²) in [5.74, 6) is -1.31. The molecule has 75 valence electrons. The van der Waals surface area contributed by atoms with Gasteiger partial charge in [-0.25, -0.2) is 4.79 Å². The van der Waals surface area contributed by atoms with Crippen molar-refractivity contribution in [3.8, 4) is 5.75 Å². The summed E-state index contributed by atoms with van der Waals surface area (Å²) in [5.41, 5.74) is -0.0671. The van der Waals surface area contributed by atoms with E-state index in [0.29, 0.717) is 0 Å². The maximum Gasteiger partial charge on any atom is 0.339 e. The monoisotopic (exact) mass is 253 g/mol. The van der Waals surface area contributed by atoms with Crippen molar-refractivity contribution in [3.63, 3.8) is 0 Å². The normalized spacial score (nSPS) is 7.86. The average molecular weight is 254 g/mol. The van der Waals surface area contributed by atoms with Crippen LogP contribution < -0.4 is 0 Å². The molecule has 0 aromatic heterocycles. The first-order chi connectivity index (χ1) is 6.13. The van der Waals surface area contributed by atoms with Crippen molar-refractivity contribution in [1.82, 2.24) is 0 Å². The number of carbonyl (C=O) groups is 1. The summed E-state index contributed by atoms with van der Waals surface area (Å²) in [7, 11) is 0. The van der Waals surface area contributed by atoms with Crippen LogP contribution in [-0.4, -0.2) is 47.7 Å². The van der Waals surface area contributed by atoms with Crippen molar-refractivity contribution in [1.29, 1.82) is 0 Å². The molecule has 1 aromatic rings. The minimum Gasteiger partial charge on any atom is -0.507 e. The van der Waals surface area contributed by atoms with Crippen LogP contribution in [0.3, 0.4) is 0 Å². The summed E-state index contributed by atoms with van der Waals surface area (Å²) in [6, 6.07) is 5.81. The van der Waals surface area contributed by atoms with Crippen LogP contribution in [0.1, 0.15) is 17.3 Å². The second kappa shape index (κ2) is 8.67. The summed E-state index contributed by atoms with van der Waals surface area (Å²) in [5, 5.41) is 24.9. The Bertz CT molecular complexity index is 275. The summed E-state index contributed by atoms with van der Waals surface area (Å²) < 4.78 is 0. The Balaban J connectivity index is 0. The Kier molecular flexibility index (Phi) is 9.64. The summed E-state index contributed by atoms with van der Waals surface area (Å²) in [6.45, 7) is 1.93. The third-order valence-corrected chi connectivity index (χ3v) is 1.13. The van der Waals surface area contributed by atoms with Gasteiger partial charge in [0, 0.05) is 26.4 Å². The molecule has 0 fully saturated rings. The Morgan fingerprint density at radius 3 is 2.07 bits per heavy atom. The minimum atomic E-state index is -1.11.